The van der Waals surface area contributed by atoms with E-state index in [0.29, 0.717) is 11.3 Å². The number of ether oxygens (including phenoxy) is 1. The SMILES string of the molecule is COc1cc(Cl)c(C(=O)c2cccc(C)c2F)cc1Cl. The lowest BCUT2D eigenvalue weighted by Crippen LogP contribution is -2.06. The van der Waals surface area contributed by atoms with Gasteiger partial charge in [0.1, 0.15) is 11.6 Å². The van der Waals surface area contributed by atoms with Gasteiger partial charge < -0.3 is 4.74 Å². The Bertz CT molecular complexity index is 684. The molecule has 2 rings (SSSR count). The van der Waals surface area contributed by atoms with Gasteiger partial charge in [-0.25, -0.2) is 4.39 Å². The van der Waals surface area contributed by atoms with E-state index in [-0.39, 0.29) is 21.2 Å². The van der Waals surface area contributed by atoms with Crippen LogP contribution in [0.4, 0.5) is 4.39 Å². The Kier molecular flexibility index (Phi) is 4.31. The minimum absolute atomic E-state index is 0.0341. The van der Waals surface area contributed by atoms with E-state index in [1.165, 1.54) is 25.3 Å². The summed E-state index contributed by atoms with van der Waals surface area (Å²) < 4.78 is 19.0. The molecule has 2 aromatic rings. The lowest BCUT2D eigenvalue weighted by atomic mass is 10.0. The molecule has 0 aliphatic carbocycles. The van der Waals surface area contributed by atoms with Crippen LogP contribution in [0.15, 0.2) is 30.3 Å². The van der Waals surface area contributed by atoms with Gasteiger partial charge in [-0.2, -0.15) is 0 Å². The minimum Gasteiger partial charge on any atom is -0.495 e. The quantitative estimate of drug-likeness (QED) is 0.769. The van der Waals surface area contributed by atoms with Crippen molar-refractivity contribution in [1.29, 1.82) is 0 Å². The molecule has 104 valence electrons. The van der Waals surface area contributed by atoms with Crippen molar-refractivity contribution < 1.29 is 13.9 Å². The second kappa shape index (κ2) is 5.81. The number of benzene rings is 2. The maximum atomic E-state index is 14.0. The number of hydrogen-bond acceptors (Lipinski definition) is 2. The number of ketones is 1. The Hall–Kier alpha value is -1.58. The number of aryl methyl sites for hydroxylation is 1. The molecule has 0 N–H and O–H groups in total. The van der Waals surface area contributed by atoms with E-state index in [4.69, 9.17) is 27.9 Å². The van der Waals surface area contributed by atoms with Crippen molar-refractivity contribution in [1.82, 2.24) is 0 Å². The van der Waals surface area contributed by atoms with Gasteiger partial charge in [0.05, 0.1) is 22.7 Å². The molecule has 5 heteroatoms. The van der Waals surface area contributed by atoms with E-state index in [1.54, 1.807) is 19.1 Å². The molecule has 2 nitrogen and oxygen atoms in total. The van der Waals surface area contributed by atoms with Crippen LogP contribution in [0, 0.1) is 12.7 Å². The minimum atomic E-state index is -0.555. The molecular formula is C15H11Cl2FO2. The van der Waals surface area contributed by atoms with Crippen LogP contribution >= 0.6 is 23.2 Å². The van der Waals surface area contributed by atoms with Crippen LogP contribution in [0.5, 0.6) is 5.75 Å². The number of hydrogen-bond donors (Lipinski definition) is 0. The number of halogens is 3. The third kappa shape index (κ3) is 2.65. The van der Waals surface area contributed by atoms with E-state index in [2.05, 4.69) is 0 Å². The molecule has 0 spiro atoms. The molecule has 0 amide bonds. The summed E-state index contributed by atoms with van der Waals surface area (Å²) in [5, 5.41) is 0.408. The Morgan fingerprint density at radius 2 is 1.85 bits per heavy atom. The summed E-state index contributed by atoms with van der Waals surface area (Å²) >= 11 is 12.0. The van der Waals surface area contributed by atoms with Crippen molar-refractivity contribution in [2.75, 3.05) is 7.11 Å². The molecule has 0 radical (unpaired) electrons. The molecule has 0 heterocycles. The average Bonchev–Trinajstić information content (AvgIpc) is 2.43. The molecule has 0 saturated carbocycles. The van der Waals surface area contributed by atoms with Gasteiger partial charge in [0.15, 0.2) is 5.78 Å². The van der Waals surface area contributed by atoms with Crippen LogP contribution in [-0.4, -0.2) is 12.9 Å². The molecule has 0 aliphatic heterocycles. The summed E-state index contributed by atoms with van der Waals surface area (Å²) in [7, 11) is 1.44. The lowest BCUT2D eigenvalue weighted by molar-refractivity contribution is 0.103. The first-order chi connectivity index (χ1) is 9.45. The van der Waals surface area contributed by atoms with Crippen LogP contribution in [0.25, 0.3) is 0 Å². The maximum absolute atomic E-state index is 14.0. The Morgan fingerprint density at radius 3 is 2.50 bits per heavy atom. The van der Waals surface area contributed by atoms with Crippen molar-refractivity contribution in [2.24, 2.45) is 0 Å². The smallest absolute Gasteiger partial charge is 0.197 e. The third-order valence-corrected chi connectivity index (χ3v) is 3.53. The maximum Gasteiger partial charge on any atom is 0.197 e. The molecule has 0 fully saturated rings. The van der Waals surface area contributed by atoms with Crippen molar-refractivity contribution >= 4 is 29.0 Å². The highest BCUT2D eigenvalue weighted by atomic mass is 35.5. The van der Waals surface area contributed by atoms with Crippen molar-refractivity contribution in [2.45, 2.75) is 6.92 Å². The zero-order chi connectivity index (χ0) is 14.9. The molecule has 20 heavy (non-hydrogen) atoms. The number of carbonyl (C=O) groups is 1. The Morgan fingerprint density at radius 1 is 1.15 bits per heavy atom. The monoisotopic (exact) mass is 312 g/mol. The first-order valence-electron chi connectivity index (χ1n) is 5.78. The van der Waals surface area contributed by atoms with Crippen LogP contribution in [0.1, 0.15) is 21.5 Å². The predicted octanol–water partition coefficient (Wildman–Crippen LogP) is 4.68. The van der Waals surface area contributed by atoms with Crippen LogP contribution in [0.3, 0.4) is 0 Å². The van der Waals surface area contributed by atoms with Crippen molar-refractivity contribution in [3.05, 3.63) is 62.9 Å². The number of carbonyl (C=O) groups excluding carboxylic acids is 1. The molecule has 2 aromatic carbocycles. The first kappa shape index (κ1) is 14.8. The molecule has 0 bridgehead atoms. The fourth-order valence-electron chi connectivity index (χ4n) is 1.83. The molecule has 0 aliphatic rings. The van der Waals surface area contributed by atoms with Gasteiger partial charge in [-0.1, -0.05) is 35.3 Å². The average molecular weight is 313 g/mol. The van der Waals surface area contributed by atoms with Gasteiger partial charge >= 0.3 is 0 Å². The standard InChI is InChI=1S/C15H11Cl2FO2/c1-8-4-3-5-9(14(8)18)15(19)10-6-12(17)13(20-2)7-11(10)16/h3-7H,1-2H3. The van der Waals surface area contributed by atoms with Crippen molar-refractivity contribution in [3.8, 4) is 5.75 Å². The third-order valence-electron chi connectivity index (χ3n) is 2.92. The predicted molar refractivity (Wildman–Crippen MR) is 77.6 cm³/mol. The zero-order valence-corrected chi connectivity index (χ0v) is 12.3. The number of methoxy groups -OCH3 is 1. The van der Waals surface area contributed by atoms with Crippen LogP contribution in [0.2, 0.25) is 10.0 Å². The second-order valence-electron chi connectivity index (χ2n) is 4.23. The van der Waals surface area contributed by atoms with E-state index in [1.807, 2.05) is 0 Å². The van der Waals surface area contributed by atoms with Crippen molar-refractivity contribution in [3.63, 3.8) is 0 Å². The van der Waals surface area contributed by atoms with Gasteiger partial charge in [-0.15, -0.1) is 0 Å². The van der Waals surface area contributed by atoms with Gasteiger partial charge in [-0.3, -0.25) is 4.79 Å². The van der Waals surface area contributed by atoms with E-state index in [0.717, 1.165) is 0 Å². The normalized spacial score (nSPS) is 10.4. The highest BCUT2D eigenvalue weighted by Gasteiger charge is 2.19. The first-order valence-corrected chi connectivity index (χ1v) is 6.54. The highest BCUT2D eigenvalue weighted by Crippen LogP contribution is 2.32. The Balaban J connectivity index is 2.54. The summed E-state index contributed by atoms with van der Waals surface area (Å²) in [5.41, 5.74) is 0.502. The fraction of sp³-hybridized carbons (Fsp3) is 0.133. The van der Waals surface area contributed by atoms with Crippen LogP contribution in [-0.2, 0) is 0 Å². The number of rotatable bonds is 3. The second-order valence-corrected chi connectivity index (χ2v) is 5.05. The van der Waals surface area contributed by atoms with E-state index < -0.39 is 11.6 Å². The highest BCUT2D eigenvalue weighted by molar-refractivity contribution is 6.37. The van der Waals surface area contributed by atoms with E-state index >= 15 is 0 Å². The van der Waals surface area contributed by atoms with Gasteiger partial charge in [-0.05, 0) is 24.6 Å². The van der Waals surface area contributed by atoms with Crippen LogP contribution < -0.4 is 4.74 Å². The summed E-state index contributed by atoms with van der Waals surface area (Å²) in [4.78, 5) is 12.4. The lowest BCUT2D eigenvalue weighted by Gasteiger charge is -2.09. The molecule has 0 aromatic heterocycles. The summed E-state index contributed by atoms with van der Waals surface area (Å²) in [6.45, 7) is 1.59. The van der Waals surface area contributed by atoms with Gasteiger partial charge in [0.2, 0.25) is 0 Å². The summed E-state index contributed by atoms with van der Waals surface area (Å²) in [6.07, 6.45) is 0. The Labute approximate surface area is 126 Å². The van der Waals surface area contributed by atoms with Gasteiger partial charge in [0, 0.05) is 11.6 Å². The largest absolute Gasteiger partial charge is 0.495 e. The van der Waals surface area contributed by atoms with Gasteiger partial charge in [0.25, 0.3) is 0 Å². The molecule has 0 atom stereocenters. The summed E-state index contributed by atoms with van der Waals surface area (Å²) in [5.74, 6) is -0.709. The summed E-state index contributed by atoms with van der Waals surface area (Å²) in [6, 6.07) is 7.44. The fourth-order valence-corrected chi connectivity index (χ4v) is 2.31. The van der Waals surface area contributed by atoms with E-state index in [9.17, 15) is 9.18 Å². The topological polar surface area (TPSA) is 26.3 Å². The molecule has 0 saturated heterocycles. The molecular weight excluding hydrogens is 302 g/mol. The molecule has 0 unspecified atom stereocenters. The zero-order valence-electron chi connectivity index (χ0n) is 10.8.